The lowest BCUT2D eigenvalue weighted by Gasteiger charge is -2.10. The van der Waals surface area contributed by atoms with Crippen LogP contribution in [0.15, 0.2) is 47.1 Å². The number of hydrogen-bond acceptors (Lipinski definition) is 3. The molecule has 0 fully saturated rings. The predicted octanol–water partition coefficient (Wildman–Crippen LogP) is 3.50. The van der Waals surface area contributed by atoms with Crippen molar-refractivity contribution in [2.45, 2.75) is 6.92 Å². The largest absolute Gasteiger partial charge is 0.492 e. The smallest absolute Gasteiger partial charge is 0.274 e. The summed E-state index contributed by atoms with van der Waals surface area (Å²) in [5.74, 6) is 0.384. The fourth-order valence-corrected chi connectivity index (χ4v) is 1.78. The van der Waals surface area contributed by atoms with E-state index in [4.69, 9.17) is 4.74 Å². The molecule has 1 amide bonds. The van der Waals surface area contributed by atoms with Gasteiger partial charge in [0.15, 0.2) is 0 Å². The first-order chi connectivity index (χ1) is 9.20. The molecule has 19 heavy (non-hydrogen) atoms. The van der Waals surface area contributed by atoms with Gasteiger partial charge in [-0.2, -0.15) is 0 Å². The number of ether oxygens (including phenoxy) is 1. The number of nitrogens with one attached hydrogen (secondary N) is 1. The minimum atomic E-state index is -0.264. The van der Waals surface area contributed by atoms with Crippen molar-refractivity contribution >= 4 is 27.5 Å². The number of para-hydroxylation sites is 2. The summed E-state index contributed by atoms with van der Waals surface area (Å²) in [6, 6.07) is 10.7. The molecule has 2 aromatic rings. The Morgan fingerprint density at radius 2 is 2.11 bits per heavy atom. The zero-order valence-electron chi connectivity index (χ0n) is 10.4. The van der Waals surface area contributed by atoms with Crippen LogP contribution in [0.1, 0.15) is 17.4 Å². The summed E-state index contributed by atoms with van der Waals surface area (Å²) in [5.41, 5.74) is 0.994. The van der Waals surface area contributed by atoms with Crippen molar-refractivity contribution in [2.75, 3.05) is 11.9 Å². The number of halogens is 1. The van der Waals surface area contributed by atoms with Gasteiger partial charge in [0.2, 0.25) is 0 Å². The molecule has 4 nitrogen and oxygen atoms in total. The number of carbonyl (C=O) groups excluding carboxylic acids is 1. The second kappa shape index (κ2) is 6.33. The monoisotopic (exact) mass is 320 g/mol. The van der Waals surface area contributed by atoms with Gasteiger partial charge in [0, 0.05) is 10.7 Å². The molecule has 0 saturated heterocycles. The van der Waals surface area contributed by atoms with Gasteiger partial charge in [0.1, 0.15) is 11.4 Å². The van der Waals surface area contributed by atoms with E-state index in [1.54, 1.807) is 24.4 Å². The highest BCUT2D eigenvalue weighted by molar-refractivity contribution is 9.10. The third-order valence-electron chi connectivity index (χ3n) is 2.40. The minimum absolute atomic E-state index is 0.264. The Hall–Kier alpha value is -1.88. The SMILES string of the molecule is CCOc1ccccc1NC(=O)c1ccc(Br)cn1. The van der Waals surface area contributed by atoms with Crippen LogP contribution in [0.5, 0.6) is 5.75 Å². The maximum absolute atomic E-state index is 12.0. The molecule has 98 valence electrons. The molecule has 0 bridgehead atoms. The number of amides is 1. The molecule has 1 aromatic heterocycles. The normalized spacial score (nSPS) is 10.0. The number of rotatable bonds is 4. The first kappa shape index (κ1) is 13.5. The van der Waals surface area contributed by atoms with E-state index >= 15 is 0 Å². The van der Waals surface area contributed by atoms with Crippen LogP contribution in [0.3, 0.4) is 0 Å². The van der Waals surface area contributed by atoms with Gasteiger partial charge in [-0.25, -0.2) is 4.98 Å². The van der Waals surface area contributed by atoms with Crippen molar-refractivity contribution in [1.29, 1.82) is 0 Å². The Morgan fingerprint density at radius 3 is 2.79 bits per heavy atom. The lowest BCUT2D eigenvalue weighted by Crippen LogP contribution is -2.14. The summed E-state index contributed by atoms with van der Waals surface area (Å²) >= 11 is 3.28. The van der Waals surface area contributed by atoms with Crippen molar-refractivity contribution in [3.8, 4) is 5.75 Å². The van der Waals surface area contributed by atoms with E-state index in [1.807, 2.05) is 25.1 Å². The van der Waals surface area contributed by atoms with Crippen LogP contribution in [-0.4, -0.2) is 17.5 Å². The average Bonchev–Trinajstić information content (AvgIpc) is 2.42. The van der Waals surface area contributed by atoms with Gasteiger partial charge in [-0.05, 0) is 47.1 Å². The molecule has 0 unspecified atom stereocenters. The third kappa shape index (κ3) is 3.54. The van der Waals surface area contributed by atoms with Gasteiger partial charge in [0.25, 0.3) is 5.91 Å². The molecular weight excluding hydrogens is 308 g/mol. The minimum Gasteiger partial charge on any atom is -0.492 e. The molecule has 0 aliphatic rings. The Kier molecular flexibility index (Phi) is 4.52. The molecule has 0 aliphatic carbocycles. The first-order valence-electron chi connectivity index (χ1n) is 5.85. The zero-order chi connectivity index (χ0) is 13.7. The van der Waals surface area contributed by atoms with Gasteiger partial charge in [0.05, 0.1) is 12.3 Å². The number of anilines is 1. The van der Waals surface area contributed by atoms with E-state index in [2.05, 4.69) is 26.2 Å². The molecule has 0 atom stereocenters. The van der Waals surface area contributed by atoms with Gasteiger partial charge < -0.3 is 10.1 Å². The highest BCUT2D eigenvalue weighted by Crippen LogP contribution is 2.24. The lowest BCUT2D eigenvalue weighted by molar-refractivity contribution is 0.102. The van der Waals surface area contributed by atoms with E-state index in [-0.39, 0.29) is 5.91 Å². The predicted molar refractivity (Wildman–Crippen MR) is 77.5 cm³/mol. The molecule has 0 radical (unpaired) electrons. The number of nitrogens with zero attached hydrogens (tertiary/aromatic N) is 1. The van der Waals surface area contributed by atoms with Crippen molar-refractivity contribution < 1.29 is 9.53 Å². The third-order valence-corrected chi connectivity index (χ3v) is 2.86. The van der Waals surface area contributed by atoms with Crippen molar-refractivity contribution in [3.63, 3.8) is 0 Å². The average molecular weight is 321 g/mol. The first-order valence-corrected chi connectivity index (χ1v) is 6.64. The highest BCUT2D eigenvalue weighted by atomic mass is 79.9. The van der Waals surface area contributed by atoms with Crippen molar-refractivity contribution in [2.24, 2.45) is 0 Å². The number of hydrogen-bond donors (Lipinski definition) is 1. The van der Waals surface area contributed by atoms with E-state index in [9.17, 15) is 4.79 Å². The van der Waals surface area contributed by atoms with E-state index in [0.29, 0.717) is 23.7 Å². The molecular formula is C14H13BrN2O2. The summed E-state index contributed by atoms with van der Waals surface area (Å²) in [7, 11) is 0. The van der Waals surface area contributed by atoms with Gasteiger partial charge in [-0.3, -0.25) is 4.79 Å². The lowest BCUT2D eigenvalue weighted by atomic mass is 10.2. The van der Waals surface area contributed by atoms with Crippen molar-refractivity contribution in [3.05, 3.63) is 52.8 Å². The summed E-state index contributed by atoms with van der Waals surface area (Å²) < 4.78 is 6.28. The number of pyridine rings is 1. The molecule has 1 aromatic carbocycles. The van der Waals surface area contributed by atoms with Crippen LogP contribution >= 0.6 is 15.9 Å². The maximum Gasteiger partial charge on any atom is 0.274 e. The molecule has 0 aliphatic heterocycles. The second-order valence-corrected chi connectivity index (χ2v) is 4.66. The Morgan fingerprint density at radius 1 is 1.32 bits per heavy atom. The van der Waals surface area contributed by atoms with E-state index in [0.717, 1.165) is 4.47 Å². The maximum atomic E-state index is 12.0. The fraction of sp³-hybridized carbons (Fsp3) is 0.143. The number of carbonyl (C=O) groups is 1. The van der Waals surface area contributed by atoms with Gasteiger partial charge >= 0.3 is 0 Å². The van der Waals surface area contributed by atoms with E-state index < -0.39 is 0 Å². The molecule has 5 heteroatoms. The van der Waals surface area contributed by atoms with Crippen LogP contribution in [-0.2, 0) is 0 Å². The molecule has 2 rings (SSSR count). The molecule has 1 N–H and O–H groups in total. The van der Waals surface area contributed by atoms with Crippen LogP contribution in [0.2, 0.25) is 0 Å². The van der Waals surface area contributed by atoms with Crippen LogP contribution in [0.4, 0.5) is 5.69 Å². The zero-order valence-corrected chi connectivity index (χ0v) is 12.0. The van der Waals surface area contributed by atoms with Gasteiger partial charge in [-0.15, -0.1) is 0 Å². The van der Waals surface area contributed by atoms with Crippen LogP contribution in [0.25, 0.3) is 0 Å². The molecule has 0 saturated carbocycles. The fourth-order valence-electron chi connectivity index (χ4n) is 1.55. The Labute approximate surface area is 119 Å². The summed E-state index contributed by atoms with van der Waals surface area (Å²) in [4.78, 5) is 16.1. The quantitative estimate of drug-likeness (QED) is 0.938. The van der Waals surface area contributed by atoms with Gasteiger partial charge in [-0.1, -0.05) is 12.1 Å². The van der Waals surface area contributed by atoms with Crippen LogP contribution in [0, 0.1) is 0 Å². The summed E-state index contributed by atoms with van der Waals surface area (Å²) in [5, 5.41) is 2.79. The molecule has 1 heterocycles. The molecule has 0 spiro atoms. The van der Waals surface area contributed by atoms with Crippen LogP contribution < -0.4 is 10.1 Å². The highest BCUT2D eigenvalue weighted by Gasteiger charge is 2.10. The standard InChI is InChI=1S/C14H13BrN2O2/c1-2-19-13-6-4-3-5-11(13)17-14(18)12-8-7-10(15)9-16-12/h3-9H,2H2,1H3,(H,17,18). The topological polar surface area (TPSA) is 51.2 Å². The van der Waals surface area contributed by atoms with Crippen molar-refractivity contribution in [1.82, 2.24) is 4.98 Å². The number of aromatic nitrogens is 1. The Bertz CT molecular complexity index is 570. The van der Waals surface area contributed by atoms with E-state index in [1.165, 1.54) is 0 Å². The summed E-state index contributed by atoms with van der Waals surface area (Å²) in [6.45, 7) is 2.44. The second-order valence-electron chi connectivity index (χ2n) is 3.74. The number of benzene rings is 1. The summed E-state index contributed by atoms with van der Waals surface area (Å²) in [6.07, 6.45) is 1.59. The Balaban J connectivity index is 2.16.